The first-order valence-corrected chi connectivity index (χ1v) is 14.1. The molecule has 2 unspecified atom stereocenters. The largest absolute Gasteiger partial charge is 0.488 e. The van der Waals surface area contributed by atoms with Crippen molar-refractivity contribution in [1.29, 1.82) is 0 Å². The van der Waals surface area contributed by atoms with Crippen LogP contribution < -0.4 is 20.3 Å². The number of hydrogen-bond acceptors (Lipinski definition) is 11. The summed E-state index contributed by atoms with van der Waals surface area (Å²) in [6.07, 6.45) is 12.3. The summed E-state index contributed by atoms with van der Waals surface area (Å²) < 4.78 is 23.3. The Balaban J connectivity index is 0.932. The minimum atomic E-state index is 0.0229. The van der Waals surface area contributed by atoms with Crippen LogP contribution in [0.15, 0.2) is 36.9 Å². The zero-order chi connectivity index (χ0) is 26.0. The van der Waals surface area contributed by atoms with Gasteiger partial charge in [0.05, 0.1) is 31.4 Å². The Labute approximate surface area is 227 Å². The Morgan fingerprint density at radius 3 is 2.46 bits per heavy atom. The highest BCUT2D eigenvalue weighted by molar-refractivity contribution is 5.85. The van der Waals surface area contributed by atoms with E-state index in [1.807, 2.05) is 12.4 Å². The second-order valence-electron chi connectivity index (χ2n) is 10.7. The Morgan fingerprint density at radius 2 is 1.67 bits per heavy atom. The molecule has 3 atom stereocenters. The molecular formula is C28H35N7O4. The lowest BCUT2D eigenvalue weighted by molar-refractivity contribution is 0.122. The molecule has 11 heteroatoms. The minimum absolute atomic E-state index is 0.0229. The van der Waals surface area contributed by atoms with Gasteiger partial charge in [-0.25, -0.2) is 15.0 Å². The Kier molecular flexibility index (Phi) is 7.13. The summed E-state index contributed by atoms with van der Waals surface area (Å²) in [7, 11) is 0. The number of hydrogen-bond donors (Lipinski definition) is 2. The van der Waals surface area contributed by atoms with E-state index in [0.717, 1.165) is 99.7 Å². The molecule has 3 aromatic rings. The first kappa shape index (κ1) is 24.9. The van der Waals surface area contributed by atoms with Crippen molar-refractivity contribution in [1.82, 2.24) is 25.3 Å². The Hall–Kier alpha value is -3.12. The van der Waals surface area contributed by atoms with Gasteiger partial charge in [-0.3, -0.25) is 10.3 Å². The van der Waals surface area contributed by atoms with Crippen molar-refractivity contribution in [3.63, 3.8) is 0 Å². The number of ether oxygens (including phenoxy) is 4. The van der Waals surface area contributed by atoms with E-state index < -0.39 is 0 Å². The van der Waals surface area contributed by atoms with Gasteiger partial charge in [0.25, 0.3) is 0 Å². The molecule has 1 aromatic carbocycles. The SMILES string of the molecule is c1cnc2c(OC3CCC(Nc4ncc(C5OC5N[C@@H]5CCOC5)cn4)CC3)cc(N3CCOCC3)cc2n1. The van der Waals surface area contributed by atoms with E-state index in [2.05, 4.69) is 47.6 Å². The summed E-state index contributed by atoms with van der Waals surface area (Å²) in [6.45, 7) is 4.78. The molecule has 7 rings (SSSR count). The molecular weight excluding hydrogens is 498 g/mol. The Bertz CT molecular complexity index is 1260. The molecule has 2 aromatic heterocycles. The normalized spacial score (nSPS) is 28.9. The van der Waals surface area contributed by atoms with Crippen LogP contribution in [0.25, 0.3) is 11.0 Å². The van der Waals surface area contributed by atoms with Gasteiger partial charge >= 0.3 is 0 Å². The maximum Gasteiger partial charge on any atom is 0.222 e. The van der Waals surface area contributed by atoms with Crippen molar-refractivity contribution >= 4 is 22.7 Å². The van der Waals surface area contributed by atoms with Gasteiger partial charge < -0.3 is 29.2 Å². The monoisotopic (exact) mass is 533 g/mol. The van der Waals surface area contributed by atoms with Gasteiger partial charge in [-0.05, 0) is 38.2 Å². The van der Waals surface area contributed by atoms with Crippen molar-refractivity contribution < 1.29 is 18.9 Å². The fraction of sp³-hybridized carbons (Fsp3) is 0.571. The second kappa shape index (κ2) is 11.2. The zero-order valence-electron chi connectivity index (χ0n) is 22.0. The third-order valence-corrected chi connectivity index (χ3v) is 8.02. The molecule has 0 bridgehead atoms. The molecule has 3 saturated heterocycles. The number of fused-ring (bicyclic) bond motifs is 1. The van der Waals surface area contributed by atoms with Crippen LogP contribution in [0.5, 0.6) is 5.75 Å². The molecule has 0 radical (unpaired) electrons. The van der Waals surface area contributed by atoms with E-state index in [1.54, 1.807) is 12.4 Å². The third kappa shape index (κ3) is 5.76. The number of anilines is 2. The molecule has 1 saturated carbocycles. The van der Waals surface area contributed by atoms with Crippen LogP contribution in [-0.2, 0) is 14.2 Å². The van der Waals surface area contributed by atoms with E-state index in [9.17, 15) is 0 Å². The fourth-order valence-corrected chi connectivity index (χ4v) is 5.76. The molecule has 2 N–H and O–H groups in total. The van der Waals surface area contributed by atoms with Gasteiger partial charge in [0.1, 0.15) is 23.6 Å². The van der Waals surface area contributed by atoms with E-state index in [1.165, 1.54) is 0 Å². The van der Waals surface area contributed by atoms with E-state index >= 15 is 0 Å². The quantitative estimate of drug-likeness (QED) is 0.416. The zero-order valence-corrected chi connectivity index (χ0v) is 22.0. The molecule has 0 amide bonds. The molecule has 5 heterocycles. The van der Waals surface area contributed by atoms with Crippen LogP contribution >= 0.6 is 0 Å². The van der Waals surface area contributed by atoms with E-state index in [-0.39, 0.29) is 18.4 Å². The van der Waals surface area contributed by atoms with Gasteiger partial charge in [0.15, 0.2) is 0 Å². The number of rotatable bonds is 8. The average molecular weight is 534 g/mol. The summed E-state index contributed by atoms with van der Waals surface area (Å²) >= 11 is 0. The van der Waals surface area contributed by atoms with Crippen LogP contribution in [-0.4, -0.2) is 83.9 Å². The maximum absolute atomic E-state index is 6.56. The topological polar surface area (TPSA) is 119 Å². The second-order valence-corrected chi connectivity index (χ2v) is 10.7. The summed E-state index contributed by atoms with van der Waals surface area (Å²) in [4.78, 5) is 20.6. The number of nitrogens with zero attached hydrogens (tertiary/aromatic N) is 5. The van der Waals surface area contributed by atoms with Gasteiger partial charge in [-0.1, -0.05) is 0 Å². The lowest BCUT2D eigenvalue weighted by atomic mass is 9.93. The number of aromatic nitrogens is 4. The summed E-state index contributed by atoms with van der Waals surface area (Å²) in [5.41, 5.74) is 3.79. The molecule has 1 aliphatic carbocycles. The van der Waals surface area contributed by atoms with Crippen LogP contribution in [0.3, 0.4) is 0 Å². The van der Waals surface area contributed by atoms with Gasteiger partial charge in [-0.2, -0.15) is 0 Å². The maximum atomic E-state index is 6.56. The molecule has 11 nitrogen and oxygen atoms in total. The van der Waals surface area contributed by atoms with Crippen molar-refractivity contribution in [2.45, 2.75) is 62.6 Å². The fourth-order valence-electron chi connectivity index (χ4n) is 5.76. The van der Waals surface area contributed by atoms with Crippen molar-refractivity contribution in [3.8, 4) is 5.75 Å². The number of epoxide rings is 1. The van der Waals surface area contributed by atoms with Gasteiger partial charge in [0.2, 0.25) is 5.95 Å². The number of nitrogens with one attached hydrogen (secondary N) is 2. The van der Waals surface area contributed by atoms with Gasteiger partial charge in [-0.15, -0.1) is 0 Å². The van der Waals surface area contributed by atoms with Crippen molar-refractivity contribution in [2.24, 2.45) is 0 Å². The number of benzene rings is 1. The molecule has 206 valence electrons. The first-order valence-electron chi connectivity index (χ1n) is 14.1. The smallest absolute Gasteiger partial charge is 0.222 e. The van der Waals surface area contributed by atoms with Crippen LogP contribution in [0.4, 0.5) is 11.6 Å². The first-order chi connectivity index (χ1) is 19.3. The highest BCUT2D eigenvalue weighted by atomic mass is 16.6. The predicted molar refractivity (Wildman–Crippen MR) is 145 cm³/mol. The highest BCUT2D eigenvalue weighted by Crippen LogP contribution is 2.37. The standard InChI is InChI=1S/C28H35N7O4/c1-3-22(38-24-14-21(35-8-11-36-12-9-35)13-23-25(24)30-7-6-29-23)4-2-19(1)34-28-31-15-18(16-32-28)26-27(39-26)33-20-5-10-37-17-20/h6-7,13-16,19-20,22,26-27,33H,1-5,8-12,17H2,(H,31,32,34)/t19?,20-,22?,26?,27?/m1/s1. The third-order valence-electron chi connectivity index (χ3n) is 8.02. The highest BCUT2D eigenvalue weighted by Gasteiger charge is 2.42. The summed E-state index contributed by atoms with van der Waals surface area (Å²) in [5.74, 6) is 1.48. The van der Waals surface area contributed by atoms with Crippen molar-refractivity contribution in [2.75, 3.05) is 49.7 Å². The molecule has 0 spiro atoms. The van der Waals surface area contributed by atoms with Crippen LogP contribution in [0.2, 0.25) is 0 Å². The van der Waals surface area contributed by atoms with Crippen LogP contribution in [0, 0.1) is 0 Å². The lowest BCUT2D eigenvalue weighted by Crippen LogP contribution is -2.36. The lowest BCUT2D eigenvalue weighted by Gasteiger charge is -2.31. The average Bonchev–Trinajstić information content (AvgIpc) is 3.55. The Morgan fingerprint density at radius 1 is 0.846 bits per heavy atom. The van der Waals surface area contributed by atoms with E-state index in [4.69, 9.17) is 18.9 Å². The molecule has 39 heavy (non-hydrogen) atoms. The minimum Gasteiger partial charge on any atom is -0.488 e. The van der Waals surface area contributed by atoms with Crippen molar-refractivity contribution in [3.05, 3.63) is 42.5 Å². The summed E-state index contributed by atoms with van der Waals surface area (Å²) in [6, 6.07) is 4.92. The van der Waals surface area contributed by atoms with Crippen LogP contribution in [0.1, 0.15) is 43.8 Å². The molecule has 3 aliphatic heterocycles. The summed E-state index contributed by atoms with van der Waals surface area (Å²) in [5, 5.41) is 7.00. The number of morpholine rings is 1. The van der Waals surface area contributed by atoms with E-state index in [0.29, 0.717) is 18.0 Å². The molecule has 4 fully saturated rings. The molecule has 4 aliphatic rings. The predicted octanol–water partition coefficient (Wildman–Crippen LogP) is 2.83. The van der Waals surface area contributed by atoms with Gasteiger partial charge in [0, 0.05) is 73.9 Å².